The van der Waals surface area contributed by atoms with Crippen LogP contribution in [0.4, 0.5) is 0 Å². The molecule has 0 aliphatic carbocycles. The van der Waals surface area contributed by atoms with Crippen LogP contribution in [-0.4, -0.2) is 40.2 Å². The molecule has 0 saturated carbocycles. The van der Waals surface area contributed by atoms with Gasteiger partial charge in [-0.1, -0.05) is 22.9 Å². The number of halogens is 1. The van der Waals surface area contributed by atoms with E-state index in [0.29, 0.717) is 46.8 Å². The Labute approximate surface area is 180 Å². The summed E-state index contributed by atoms with van der Waals surface area (Å²) in [5, 5.41) is 13.6. The summed E-state index contributed by atoms with van der Waals surface area (Å²) in [4.78, 5) is 28.2. The van der Waals surface area contributed by atoms with Crippen molar-refractivity contribution >= 4 is 39.0 Å². The molecule has 1 aromatic heterocycles. The van der Waals surface area contributed by atoms with Gasteiger partial charge in [0.25, 0.3) is 5.56 Å². The van der Waals surface area contributed by atoms with Crippen molar-refractivity contribution in [2.45, 2.75) is 20.3 Å². The monoisotopic (exact) mass is 473 g/mol. The van der Waals surface area contributed by atoms with E-state index in [0.717, 1.165) is 4.47 Å². The molecule has 1 heterocycles. The van der Waals surface area contributed by atoms with Crippen LogP contribution in [0.3, 0.4) is 0 Å². The lowest BCUT2D eigenvalue weighted by Crippen LogP contribution is -2.22. The zero-order chi connectivity index (χ0) is 21.7. The third-order valence-corrected chi connectivity index (χ3v) is 4.63. The van der Waals surface area contributed by atoms with Gasteiger partial charge >= 0.3 is 5.97 Å². The van der Waals surface area contributed by atoms with Gasteiger partial charge in [0.1, 0.15) is 5.82 Å². The van der Waals surface area contributed by atoms with Crippen molar-refractivity contribution in [3.8, 4) is 11.5 Å². The molecule has 0 spiro atoms. The summed E-state index contributed by atoms with van der Waals surface area (Å²) >= 11 is 3.38. The van der Waals surface area contributed by atoms with E-state index in [9.17, 15) is 9.59 Å². The molecule has 0 amide bonds. The zero-order valence-electron chi connectivity index (χ0n) is 16.5. The van der Waals surface area contributed by atoms with Crippen LogP contribution >= 0.6 is 15.9 Å². The Bertz CT molecular complexity index is 1170. The maximum absolute atomic E-state index is 12.9. The lowest BCUT2D eigenvalue weighted by atomic mass is 10.2. The van der Waals surface area contributed by atoms with Crippen LogP contribution in [0.1, 0.15) is 25.2 Å². The molecule has 3 rings (SSSR count). The van der Waals surface area contributed by atoms with Crippen LogP contribution in [-0.2, 0) is 11.2 Å². The Kier molecular flexibility index (Phi) is 6.83. The highest BCUT2D eigenvalue weighted by atomic mass is 79.9. The van der Waals surface area contributed by atoms with E-state index in [1.54, 1.807) is 30.3 Å². The van der Waals surface area contributed by atoms with E-state index in [2.05, 4.69) is 26.0 Å². The molecule has 0 aliphatic heterocycles. The average Bonchev–Trinajstić information content (AvgIpc) is 2.72. The van der Waals surface area contributed by atoms with Crippen LogP contribution < -0.4 is 15.0 Å². The van der Waals surface area contributed by atoms with Crippen molar-refractivity contribution in [1.82, 2.24) is 9.66 Å². The summed E-state index contributed by atoms with van der Waals surface area (Å²) < 4.78 is 12.8. The molecular weight excluding hydrogens is 454 g/mol. The Morgan fingerprint density at radius 3 is 2.70 bits per heavy atom. The molecule has 30 heavy (non-hydrogen) atoms. The van der Waals surface area contributed by atoms with Crippen molar-refractivity contribution in [1.29, 1.82) is 0 Å². The Hall–Kier alpha value is -3.20. The number of rotatable bonds is 8. The standard InChI is InChI=1S/C21H20BrN3O5/c1-3-19-24-16-7-6-14(22)10-15(16)21(28)25(19)23-11-13-5-8-17(30-12-20(26)27)18(9-13)29-4-2/h5-11H,3-4,12H2,1-2H3,(H,26,27). The van der Waals surface area contributed by atoms with Crippen LogP contribution in [0, 0.1) is 0 Å². The molecule has 9 heteroatoms. The molecule has 8 nitrogen and oxygen atoms in total. The zero-order valence-corrected chi connectivity index (χ0v) is 18.0. The van der Waals surface area contributed by atoms with Crippen molar-refractivity contribution < 1.29 is 19.4 Å². The van der Waals surface area contributed by atoms with E-state index in [4.69, 9.17) is 14.6 Å². The quantitative estimate of drug-likeness (QED) is 0.502. The topological polar surface area (TPSA) is 103 Å². The lowest BCUT2D eigenvalue weighted by molar-refractivity contribution is -0.139. The number of aliphatic carboxylic acids is 1. The average molecular weight is 474 g/mol. The first-order valence-electron chi connectivity index (χ1n) is 9.30. The molecule has 0 fully saturated rings. The van der Waals surface area contributed by atoms with Crippen LogP contribution in [0.25, 0.3) is 10.9 Å². The highest BCUT2D eigenvalue weighted by Gasteiger charge is 2.11. The smallest absolute Gasteiger partial charge is 0.341 e. The number of hydrogen-bond donors (Lipinski definition) is 1. The summed E-state index contributed by atoms with van der Waals surface area (Å²) in [7, 11) is 0. The largest absolute Gasteiger partial charge is 0.490 e. The number of ether oxygens (including phenoxy) is 2. The second-order valence-electron chi connectivity index (χ2n) is 6.23. The molecule has 0 aliphatic rings. The van der Waals surface area contributed by atoms with E-state index in [1.165, 1.54) is 10.9 Å². The second kappa shape index (κ2) is 9.53. The third kappa shape index (κ3) is 4.85. The van der Waals surface area contributed by atoms with Crippen molar-refractivity contribution in [2.75, 3.05) is 13.2 Å². The normalized spacial score (nSPS) is 11.2. The number of nitrogens with zero attached hydrogens (tertiary/aromatic N) is 3. The van der Waals surface area contributed by atoms with Crippen molar-refractivity contribution in [3.63, 3.8) is 0 Å². The second-order valence-corrected chi connectivity index (χ2v) is 7.14. The summed E-state index contributed by atoms with van der Waals surface area (Å²) in [6.45, 7) is 3.63. The fourth-order valence-electron chi connectivity index (χ4n) is 2.80. The van der Waals surface area contributed by atoms with E-state index in [-0.39, 0.29) is 5.56 Å². The first-order chi connectivity index (χ1) is 14.4. The minimum atomic E-state index is -1.08. The number of aryl methyl sites for hydroxylation is 1. The summed E-state index contributed by atoms with van der Waals surface area (Å²) in [6, 6.07) is 10.3. The minimum absolute atomic E-state index is 0.263. The predicted molar refractivity (Wildman–Crippen MR) is 117 cm³/mol. The maximum atomic E-state index is 12.9. The van der Waals surface area contributed by atoms with Gasteiger partial charge in [0.05, 0.1) is 23.7 Å². The number of carboxylic acid groups (broad SMARTS) is 1. The molecule has 0 bridgehead atoms. The number of benzene rings is 2. The highest BCUT2D eigenvalue weighted by molar-refractivity contribution is 9.10. The van der Waals surface area contributed by atoms with Gasteiger partial charge in [0.2, 0.25) is 0 Å². The number of fused-ring (bicyclic) bond motifs is 1. The summed E-state index contributed by atoms with van der Waals surface area (Å²) in [5.74, 6) is 0.175. The lowest BCUT2D eigenvalue weighted by Gasteiger charge is -2.11. The molecular formula is C21H20BrN3O5. The minimum Gasteiger partial charge on any atom is -0.490 e. The summed E-state index contributed by atoms with van der Waals surface area (Å²) in [6.07, 6.45) is 2.06. The molecule has 3 aromatic rings. The van der Waals surface area contributed by atoms with Crippen molar-refractivity contribution in [2.24, 2.45) is 5.10 Å². The Balaban J connectivity index is 1.99. The van der Waals surface area contributed by atoms with Gasteiger partial charge in [-0.25, -0.2) is 9.78 Å². The Morgan fingerprint density at radius 2 is 2.00 bits per heavy atom. The van der Waals surface area contributed by atoms with Gasteiger partial charge in [-0.2, -0.15) is 9.78 Å². The van der Waals surface area contributed by atoms with E-state index in [1.807, 2.05) is 19.9 Å². The SMILES string of the molecule is CCOc1cc(C=Nn2c(CC)nc3ccc(Br)cc3c2=O)ccc1OCC(=O)O. The number of carboxylic acids is 1. The van der Waals surface area contributed by atoms with Gasteiger partial charge in [0.15, 0.2) is 18.1 Å². The Morgan fingerprint density at radius 1 is 1.20 bits per heavy atom. The van der Waals surface area contributed by atoms with Crippen LogP contribution in [0.15, 0.2) is 50.8 Å². The number of hydrogen-bond acceptors (Lipinski definition) is 6. The first-order valence-corrected chi connectivity index (χ1v) is 10.1. The maximum Gasteiger partial charge on any atom is 0.341 e. The van der Waals surface area contributed by atoms with Gasteiger partial charge in [-0.3, -0.25) is 4.79 Å². The van der Waals surface area contributed by atoms with Gasteiger partial charge in [0, 0.05) is 10.9 Å². The third-order valence-electron chi connectivity index (χ3n) is 4.13. The van der Waals surface area contributed by atoms with Crippen LogP contribution in [0.5, 0.6) is 11.5 Å². The van der Waals surface area contributed by atoms with E-state index >= 15 is 0 Å². The molecule has 156 valence electrons. The molecule has 0 radical (unpaired) electrons. The highest BCUT2D eigenvalue weighted by Crippen LogP contribution is 2.28. The molecule has 1 N–H and O–H groups in total. The van der Waals surface area contributed by atoms with Crippen LogP contribution in [0.2, 0.25) is 0 Å². The number of aromatic nitrogens is 2. The first kappa shape index (κ1) is 21.5. The molecule has 0 atom stereocenters. The van der Waals surface area contributed by atoms with E-state index < -0.39 is 12.6 Å². The number of carbonyl (C=O) groups is 1. The van der Waals surface area contributed by atoms with Gasteiger partial charge < -0.3 is 14.6 Å². The summed E-state index contributed by atoms with van der Waals surface area (Å²) in [5.41, 5.74) is 1.01. The molecule has 2 aromatic carbocycles. The van der Waals surface area contributed by atoms with Gasteiger partial charge in [-0.05, 0) is 48.9 Å². The fraction of sp³-hybridized carbons (Fsp3) is 0.238. The van der Waals surface area contributed by atoms with Crippen molar-refractivity contribution in [3.05, 3.63) is 62.6 Å². The molecule has 0 saturated heterocycles. The predicted octanol–water partition coefficient (Wildman–Crippen LogP) is 3.47. The van der Waals surface area contributed by atoms with Gasteiger partial charge in [-0.15, -0.1) is 0 Å². The fourth-order valence-corrected chi connectivity index (χ4v) is 3.16. The molecule has 0 unspecified atom stereocenters.